The minimum atomic E-state index is 0.607. The van der Waals surface area contributed by atoms with Crippen LogP contribution in [0.2, 0.25) is 0 Å². The second-order valence-electron chi connectivity index (χ2n) is 5.00. The molecule has 1 N–H and O–H groups in total. The Morgan fingerprint density at radius 1 is 1.33 bits per heavy atom. The lowest BCUT2D eigenvalue weighted by molar-refractivity contribution is 0.348. The van der Waals surface area contributed by atoms with Gasteiger partial charge in [-0.2, -0.15) is 0 Å². The molecule has 1 aliphatic rings. The van der Waals surface area contributed by atoms with E-state index < -0.39 is 0 Å². The Hall–Kier alpha value is -1.28. The fourth-order valence-electron chi connectivity index (χ4n) is 2.32. The van der Waals surface area contributed by atoms with Crippen LogP contribution in [0.1, 0.15) is 30.9 Å². The topological polar surface area (TPSA) is 21.3 Å². The van der Waals surface area contributed by atoms with Gasteiger partial charge in [-0.3, -0.25) is 0 Å². The summed E-state index contributed by atoms with van der Waals surface area (Å²) in [7, 11) is 0. The van der Waals surface area contributed by atoms with Crippen LogP contribution in [0.4, 0.5) is 0 Å². The maximum atomic E-state index is 5.78. The van der Waals surface area contributed by atoms with Crippen LogP contribution in [0.15, 0.2) is 30.4 Å². The summed E-state index contributed by atoms with van der Waals surface area (Å²) in [6, 6.07) is 6.47. The van der Waals surface area contributed by atoms with E-state index in [1.54, 1.807) is 0 Å². The second kappa shape index (κ2) is 6.60. The first-order valence-corrected chi connectivity index (χ1v) is 6.91. The van der Waals surface area contributed by atoms with Gasteiger partial charge in [0.1, 0.15) is 12.4 Å². The van der Waals surface area contributed by atoms with E-state index in [2.05, 4.69) is 37.0 Å². The molecule has 0 fully saturated rings. The molecule has 18 heavy (non-hydrogen) atoms. The highest BCUT2D eigenvalue weighted by molar-refractivity contribution is 5.38. The van der Waals surface area contributed by atoms with Gasteiger partial charge in [0.2, 0.25) is 0 Å². The van der Waals surface area contributed by atoms with Crippen molar-refractivity contribution in [1.29, 1.82) is 0 Å². The molecule has 2 nitrogen and oxygen atoms in total. The quantitative estimate of drug-likeness (QED) is 0.588. The molecule has 1 aromatic rings. The average molecular weight is 245 g/mol. The lowest BCUT2D eigenvalue weighted by Gasteiger charge is -2.10. The molecule has 0 aromatic heterocycles. The van der Waals surface area contributed by atoms with E-state index in [1.807, 2.05) is 0 Å². The van der Waals surface area contributed by atoms with Crippen molar-refractivity contribution in [1.82, 2.24) is 5.32 Å². The van der Waals surface area contributed by atoms with Crippen molar-refractivity contribution in [3.05, 3.63) is 41.5 Å². The number of benzene rings is 1. The number of fused-ring (bicyclic) bond motifs is 1. The minimum absolute atomic E-state index is 0.607. The zero-order chi connectivity index (χ0) is 12.8. The van der Waals surface area contributed by atoms with Crippen molar-refractivity contribution >= 4 is 0 Å². The highest BCUT2D eigenvalue weighted by Gasteiger charge is 2.11. The van der Waals surface area contributed by atoms with Gasteiger partial charge in [-0.05, 0) is 61.1 Å². The van der Waals surface area contributed by atoms with Crippen LogP contribution in [0.3, 0.4) is 0 Å². The van der Waals surface area contributed by atoms with Gasteiger partial charge in [-0.1, -0.05) is 19.6 Å². The van der Waals surface area contributed by atoms with Gasteiger partial charge in [0, 0.05) is 6.54 Å². The third kappa shape index (κ3) is 3.61. The Bertz CT molecular complexity index is 412. The first-order valence-electron chi connectivity index (χ1n) is 6.91. The van der Waals surface area contributed by atoms with Crippen molar-refractivity contribution < 1.29 is 4.74 Å². The summed E-state index contributed by atoms with van der Waals surface area (Å²) < 4.78 is 5.78. The van der Waals surface area contributed by atoms with E-state index in [-0.39, 0.29) is 0 Å². The molecule has 1 aromatic carbocycles. The number of nitrogens with one attached hydrogen (secondary N) is 1. The van der Waals surface area contributed by atoms with Gasteiger partial charge in [0.15, 0.2) is 0 Å². The molecule has 0 saturated heterocycles. The summed E-state index contributed by atoms with van der Waals surface area (Å²) in [5.41, 5.74) is 4.05. The molecule has 0 radical (unpaired) electrons. The summed E-state index contributed by atoms with van der Waals surface area (Å²) >= 11 is 0. The lowest BCUT2D eigenvalue weighted by atomic mass is 10.1. The Morgan fingerprint density at radius 2 is 2.17 bits per heavy atom. The average Bonchev–Trinajstić information content (AvgIpc) is 2.84. The van der Waals surface area contributed by atoms with Crippen LogP contribution in [-0.2, 0) is 12.8 Å². The summed E-state index contributed by atoms with van der Waals surface area (Å²) in [4.78, 5) is 0. The van der Waals surface area contributed by atoms with Crippen molar-refractivity contribution in [2.24, 2.45) is 0 Å². The molecule has 0 saturated carbocycles. The second-order valence-corrected chi connectivity index (χ2v) is 5.00. The van der Waals surface area contributed by atoms with Crippen LogP contribution in [0.5, 0.6) is 5.75 Å². The largest absolute Gasteiger partial charge is 0.489 e. The molecular weight excluding hydrogens is 222 g/mol. The van der Waals surface area contributed by atoms with Crippen molar-refractivity contribution in [3.63, 3.8) is 0 Å². The smallest absolute Gasteiger partial charge is 0.120 e. The Morgan fingerprint density at radius 3 is 3.00 bits per heavy atom. The Balaban J connectivity index is 1.78. The monoisotopic (exact) mass is 245 g/mol. The summed E-state index contributed by atoms with van der Waals surface area (Å²) in [5, 5.41) is 3.33. The molecular formula is C16H23NO. The molecule has 2 rings (SSSR count). The Labute approximate surface area is 110 Å². The number of rotatable bonds is 7. The molecule has 0 aliphatic heterocycles. The maximum Gasteiger partial charge on any atom is 0.120 e. The van der Waals surface area contributed by atoms with Crippen LogP contribution in [-0.4, -0.2) is 19.7 Å². The van der Waals surface area contributed by atoms with Crippen molar-refractivity contribution in [2.75, 3.05) is 19.7 Å². The van der Waals surface area contributed by atoms with E-state index in [4.69, 9.17) is 4.74 Å². The lowest BCUT2D eigenvalue weighted by Crippen LogP contribution is -2.20. The maximum absolute atomic E-state index is 5.78. The minimum Gasteiger partial charge on any atom is -0.489 e. The van der Waals surface area contributed by atoms with Gasteiger partial charge in [-0.25, -0.2) is 0 Å². The highest BCUT2D eigenvalue weighted by Crippen LogP contribution is 2.26. The van der Waals surface area contributed by atoms with E-state index in [1.165, 1.54) is 30.4 Å². The molecule has 0 unspecified atom stereocenters. The third-order valence-corrected chi connectivity index (χ3v) is 3.31. The van der Waals surface area contributed by atoms with Gasteiger partial charge in [-0.15, -0.1) is 0 Å². The predicted molar refractivity (Wildman–Crippen MR) is 76.3 cm³/mol. The fourth-order valence-corrected chi connectivity index (χ4v) is 2.32. The molecule has 98 valence electrons. The first-order chi connectivity index (χ1) is 8.79. The summed E-state index contributed by atoms with van der Waals surface area (Å²) in [5.74, 6) is 0.979. The van der Waals surface area contributed by atoms with Crippen LogP contribution >= 0.6 is 0 Å². The zero-order valence-electron chi connectivity index (χ0n) is 11.3. The van der Waals surface area contributed by atoms with Crippen LogP contribution in [0, 0.1) is 0 Å². The van der Waals surface area contributed by atoms with Gasteiger partial charge >= 0.3 is 0 Å². The van der Waals surface area contributed by atoms with Crippen LogP contribution < -0.4 is 10.1 Å². The number of hydrogen-bond acceptors (Lipinski definition) is 2. The number of ether oxygens (including phenoxy) is 1. The van der Waals surface area contributed by atoms with E-state index in [0.717, 1.165) is 30.8 Å². The Kier molecular flexibility index (Phi) is 4.82. The number of hydrogen-bond donors (Lipinski definition) is 1. The zero-order valence-corrected chi connectivity index (χ0v) is 11.3. The first kappa shape index (κ1) is 13.2. The number of aryl methyl sites for hydroxylation is 2. The standard InChI is InChI=1S/C16H23NO/c1-3-9-17-11-13(2)12-18-16-8-7-14-5-4-6-15(14)10-16/h7-8,10,17H,2-6,9,11-12H2,1H3. The van der Waals surface area contributed by atoms with Crippen molar-refractivity contribution in [3.8, 4) is 5.75 Å². The third-order valence-electron chi connectivity index (χ3n) is 3.31. The molecule has 2 heteroatoms. The summed E-state index contributed by atoms with van der Waals surface area (Å²) in [6.07, 6.45) is 4.86. The van der Waals surface area contributed by atoms with E-state index >= 15 is 0 Å². The van der Waals surface area contributed by atoms with Gasteiger partial charge in [0.25, 0.3) is 0 Å². The summed E-state index contributed by atoms with van der Waals surface area (Å²) in [6.45, 7) is 8.68. The fraction of sp³-hybridized carbons (Fsp3) is 0.500. The van der Waals surface area contributed by atoms with E-state index in [9.17, 15) is 0 Å². The SMILES string of the molecule is C=C(CNCCC)COc1ccc2c(c1)CCC2. The molecule has 0 heterocycles. The van der Waals surface area contributed by atoms with Gasteiger partial charge in [0.05, 0.1) is 0 Å². The molecule has 0 amide bonds. The molecule has 0 bridgehead atoms. The van der Waals surface area contributed by atoms with Crippen molar-refractivity contribution in [2.45, 2.75) is 32.6 Å². The molecule has 0 spiro atoms. The normalized spacial score (nSPS) is 13.4. The predicted octanol–water partition coefficient (Wildman–Crippen LogP) is 3.11. The highest BCUT2D eigenvalue weighted by atomic mass is 16.5. The molecule has 1 aliphatic carbocycles. The molecule has 0 atom stereocenters. The van der Waals surface area contributed by atoms with Gasteiger partial charge < -0.3 is 10.1 Å². The van der Waals surface area contributed by atoms with E-state index in [0.29, 0.717) is 6.61 Å². The van der Waals surface area contributed by atoms with Crippen LogP contribution in [0.25, 0.3) is 0 Å².